The van der Waals surface area contributed by atoms with E-state index in [-0.39, 0.29) is 17.1 Å². The van der Waals surface area contributed by atoms with Crippen molar-refractivity contribution < 1.29 is 15.0 Å². The van der Waals surface area contributed by atoms with E-state index in [1.807, 2.05) is 6.07 Å². The fourth-order valence-corrected chi connectivity index (χ4v) is 2.73. The summed E-state index contributed by atoms with van der Waals surface area (Å²) in [6.07, 6.45) is -0.214. The van der Waals surface area contributed by atoms with Gasteiger partial charge in [0.1, 0.15) is 5.75 Å². The zero-order valence-corrected chi connectivity index (χ0v) is 11.7. The van der Waals surface area contributed by atoms with E-state index in [4.69, 9.17) is 0 Å². The average molecular weight is 263 g/mol. The van der Waals surface area contributed by atoms with Crippen molar-refractivity contribution in [3.8, 4) is 5.75 Å². The Morgan fingerprint density at radius 1 is 1.37 bits per heavy atom. The standard InChI is InChI=1S/C15H21NO3/c1-15(2,3)13-9-16(14(18)19)7-6-10-8-11(17)4-5-12(10)13/h4-5,8,13,17H,6-7,9H2,1-3H3,(H,18,19). The van der Waals surface area contributed by atoms with E-state index in [2.05, 4.69) is 20.8 Å². The third kappa shape index (κ3) is 2.83. The summed E-state index contributed by atoms with van der Waals surface area (Å²) in [4.78, 5) is 12.8. The van der Waals surface area contributed by atoms with E-state index in [9.17, 15) is 15.0 Å². The predicted octanol–water partition coefficient (Wildman–Crippen LogP) is 3.06. The number of fused-ring (bicyclic) bond motifs is 1. The Bertz CT molecular complexity index is 491. The second kappa shape index (κ2) is 4.76. The van der Waals surface area contributed by atoms with E-state index >= 15 is 0 Å². The summed E-state index contributed by atoms with van der Waals surface area (Å²) >= 11 is 0. The molecule has 0 radical (unpaired) electrons. The monoisotopic (exact) mass is 263 g/mol. The van der Waals surface area contributed by atoms with Gasteiger partial charge in [0.05, 0.1) is 0 Å². The van der Waals surface area contributed by atoms with Gasteiger partial charge in [-0.05, 0) is 35.1 Å². The maximum atomic E-state index is 11.3. The number of carboxylic acid groups (broad SMARTS) is 1. The van der Waals surface area contributed by atoms with Crippen LogP contribution >= 0.6 is 0 Å². The molecule has 0 bridgehead atoms. The van der Waals surface area contributed by atoms with Gasteiger partial charge in [-0.15, -0.1) is 0 Å². The van der Waals surface area contributed by atoms with Gasteiger partial charge in [-0.1, -0.05) is 26.8 Å². The molecule has 4 heteroatoms. The van der Waals surface area contributed by atoms with E-state index in [0.29, 0.717) is 19.5 Å². The second-order valence-electron chi connectivity index (χ2n) is 6.28. The van der Waals surface area contributed by atoms with Crippen LogP contribution in [0.15, 0.2) is 18.2 Å². The van der Waals surface area contributed by atoms with Crippen molar-refractivity contribution in [1.29, 1.82) is 0 Å². The highest BCUT2D eigenvalue weighted by atomic mass is 16.4. The van der Waals surface area contributed by atoms with Gasteiger partial charge in [-0.2, -0.15) is 0 Å². The van der Waals surface area contributed by atoms with Crippen molar-refractivity contribution in [2.24, 2.45) is 5.41 Å². The molecule has 1 aliphatic rings. The number of benzene rings is 1. The number of phenols is 1. The molecule has 0 aromatic heterocycles. The average Bonchev–Trinajstić information content (AvgIpc) is 2.47. The number of amides is 1. The number of rotatable bonds is 0. The zero-order valence-electron chi connectivity index (χ0n) is 11.7. The number of hydrogen-bond donors (Lipinski definition) is 2. The number of aromatic hydroxyl groups is 1. The highest BCUT2D eigenvalue weighted by molar-refractivity contribution is 5.65. The van der Waals surface area contributed by atoms with Gasteiger partial charge in [0.25, 0.3) is 0 Å². The van der Waals surface area contributed by atoms with Crippen molar-refractivity contribution in [3.05, 3.63) is 29.3 Å². The summed E-state index contributed by atoms with van der Waals surface area (Å²) in [7, 11) is 0. The normalized spacial score (nSPS) is 19.7. The minimum Gasteiger partial charge on any atom is -0.508 e. The molecule has 104 valence electrons. The van der Waals surface area contributed by atoms with Crippen molar-refractivity contribution in [1.82, 2.24) is 4.90 Å². The van der Waals surface area contributed by atoms with Gasteiger partial charge < -0.3 is 15.1 Å². The minimum absolute atomic E-state index is 0.0240. The lowest BCUT2D eigenvalue weighted by molar-refractivity contribution is 0.135. The van der Waals surface area contributed by atoms with Gasteiger partial charge in [0.2, 0.25) is 0 Å². The molecule has 1 aromatic carbocycles. The van der Waals surface area contributed by atoms with Crippen molar-refractivity contribution in [2.45, 2.75) is 33.1 Å². The minimum atomic E-state index is -0.869. The van der Waals surface area contributed by atoms with E-state index in [0.717, 1.165) is 11.1 Å². The topological polar surface area (TPSA) is 60.8 Å². The Hall–Kier alpha value is -1.71. The number of hydrogen-bond acceptors (Lipinski definition) is 2. The van der Waals surface area contributed by atoms with Crippen LogP contribution in [-0.4, -0.2) is 34.3 Å². The van der Waals surface area contributed by atoms with E-state index in [1.165, 1.54) is 4.90 Å². The first kappa shape index (κ1) is 13.7. The molecule has 0 fully saturated rings. The molecule has 1 heterocycles. The lowest BCUT2D eigenvalue weighted by Crippen LogP contribution is -2.36. The van der Waals surface area contributed by atoms with Crippen LogP contribution < -0.4 is 0 Å². The number of phenolic OH excluding ortho intramolecular Hbond substituents is 1. The number of nitrogens with zero attached hydrogens (tertiary/aromatic N) is 1. The SMILES string of the molecule is CC(C)(C)C1CN(C(=O)O)CCc2cc(O)ccc21. The van der Waals surface area contributed by atoms with Crippen LogP contribution in [0.3, 0.4) is 0 Å². The maximum Gasteiger partial charge on any atom is 0.407 e. The summed E-state index contributed by atoms with van der Waals surface area (Å²) in [6, 6.07) is 5.39. The fourth-order valence-electron chi connectivity index (χ4n) is 2.73. The van der Waals surface area contributed by atoms with Gasteiger partial charge >= 0.3 is 6.09 Å². The number of carbonyl (C=O) groups is 1. The molecule has 0 saturated carbocycles. The largest absolute Gasteiger partial charge is 0.508 e. The molecule has 1 amide bonds. The zero-order chi connectivity index (χ0) is 14.2. The predicted molar refractivity (Wildman–Crippen MR) is 73.6 cm³/mol. The molecule has 2 N–H and O–H groups in total. The summed E-state index contributed by atoms with van der Waals surface area (Å²) in [6.45, 7) is 7.37. The summed E-state index contributed by atoms with van der Waals surface area (Å²) < 4.78 is 0. The van der Waals surface area contributed by atoms with Crippen molar-refractivity contribution in [2.75, 3.05) is 13.1 Å². The molecular formula is C15H21NO3. The first-order valence-corrected chi connectivity index (χ1v) is 6.58. The van der Waals surface area contributed by atoms with Gasteiger partial charge in [0, 0.05) is 19.0 Å². The molecule has 0 saturated heterocycles. The lowest BCUT2D eigenvalue weighted by atomic mass is 9.75. The summed E-state index contributed by atoms with van der Waals surface area (Å²) in [5, 5.41) is 18.9. The third-order valence-corrected chi connectivity index (χ3v) is 3.87. The fraction of sp³-hybridized carbons (Fsp3) is 0.533. The Morgan fingerprint density at radius 3 is 2.63 bits per heavy atom. The van der Waals surface area contributed by atoms with Gasteiger partial charge in [-0.3, -0.25) is 0 Å². The van der Waals surface area contributed by atoms with E-state index in [1.54, 1.807) is 12.1 Å². The van der Waals surface area contributed by atoms with Crippen molar-refractivity contribution in [3.63, 3.8) is 0 Å². The highest BCUT2D eigenvalue weighted by Crippen LogP contribution is 2.39. The van der Waals surface area contributed by atoms with Crippen LogP contribution in [0.1, 0.15) is 37.8 Å². The Morgan fingerprint density at radius 2 is 2.05 bits per heavy atom. The van der Waals surface area contributed by atoms with Crippen LogP contribution in [0.5, 0.6) is 5.75 Å². The van der Waals surface area contributed by atoms with Crippen LogP contribution in [0.25, 0.3) is 0 Å². The van der Waals surface area contributed by atoms with Crippen molar-refractivity contribution >= 4 is 6.09 Å². The molecule has 0 spiro atoms. The molecule has 1 aliphatic heterocycles. The Kier molecular flexibility index (Phi) is 3.43. The molecule has 0 aliphatic carbocycles. The smallest absolute Gasteiger partial charge is 0.407 e. The molecule has 19 heavy (non-hydrogen) atoms. The van der Waals surface area contributed by atoms with Crippen LogP contribution in [0.2, 0.25) is 0 Å². The van der Waals surface area contributed by atoms with Gasteiger partial charge in [0.15, 0.2) is 0 Å². The molecule has 1 aromatic rings. The first-order chi connectivity index (χ1) is 8.79. The second-order valence-corrected chi connectivity index (χ2v) is 6.28. The lowest BCUT2D eigenvalue weighted by Gasteiger charge is -2.33. The Balaban J connectivity index is 2.46. The maximum absolute atomic E-state index is 11.3. The van der Waals surface area contributed by atoms with Crippen LogP contribution in [-0.2, 0) is 6.42 Å². The van der Waals surface area contributed by atoms with E-state index < -0.39 is 6.09 Å². The molecular weight excluding hydrogens is 242 g/mol. The summed E-state index contributed by atoms with van der Waals surface area (Å²) in [5.41, 5.74) is 2.20. The quantitative estimate of drug-likeness (QED) is 0.756. The van der Waals surface area contributed by atoms with Crippen LogP contribution in [0.4, 0.5) is 4.79 Å². The van der Waals surface area contributed by atoms with Crippen LogP contribution in [0, 0.1) is 5.41 Å². The third-order valence-electron chi connectivity index (χ3n) is 3.87. The Labute approximate surface area is 113 Å². The first-order valence-electron chi connectivity index (χ1n) is 6.58. The molecule has 4 nitrogen and oxygen atoms in total. The van der Waals surface area contributed by atoms with Gasteiger partial charge in [-0.25, -0.2) is 4.79 Å². The summed E-state index contributed by atoms with van der Waals surface area (Å²) in [5.74, 6) is 0.386. The molecule has 2 rings (SSSR count). The molecule has 1 atom stereocenters. The molecule has 1 unspecified atom stereocenters. The highest BCUT2D eigenvalue weighted by Gasteiger charge is 2.33.